The molecular formula is C17H13N7O2S. The summed E-state index contributed by atoms with van der Waals surface area (Å²) in [6.45, 7) is 1.57. The second-order valence-electron chi connectivity index (χ2n) is 5.68. The molecule has 0 fully saturated rings. The number of benzene rings is 1. The van der Waals surface area contributed by atoms with Gasteiger partial charge in [0, 0.05) is 18.0 Å². The van der Waals surface area contributed by atoms with Gasteiger partial charge in [0.1, 0.15) is 11.6 Å². The van der Waals surface area contributed by atoms with E-state index in [0.717, 1.165) is 10.2 Å². The smallest absolute Gasteiger partial charge is 0.278 e. The standard InChI is InChI=1S/C17H13N7O2S/c1-10(24-16(26)12-6-2-3-7-13(12)20-23-24)14(25)19-17-22-21-15(27-17)11-5-4-8-18-9-11/h2-10H,1H3,(H,19,22,25)/t10-/m1/s1. The van der Waals surface area contributed by atoms with Crippen LogP contribution in [-0.4, -0.2) is 36.1 Å². The lowest BCUT2D eigenvalue weighted by Crippen LogP contribution is -2.34. The molecule has 1 atom stereocenters. The van der Waals surface area contributed by atoms with Gasteiger partial charge in [0.05, 0.1) is 5.39 Å². The third kappa shape index (κ3) is 3.29. The van der Waals surface area contributed by atoms with E-state index in [1.165, 1.54) is 11.3 Å². The van der Waals surface area contributed by atoms with Crippen molar-refractivity contribution in [3.05, 3.63) is 59.1 Å². The fourth-order valence-corrected chi connectivity index (χ4v) is 3.19. The number of nitrogens with zero attached hydrogens (tertiary/aromatic N) is 6. The highest BCUT2D eigenvalue weighted by molar-refractivity contribution is 7.18. The van der Waals surface area contributed by atoms with Gasteiger partial charge in [0.25, 0.3) is 11.5 Å². The number of amides is 1. The molecule has 0 saturated heterocycles. The molecule has 0 spiro atoms. The predicted octanol–water partition coefficient (Wildman–Crippen LogP) is 1.90. The SMILES string of the molecule is C[C@H](C(=O)Nc1nnc(-c2cccnc2)s1)n1nnc2ccccc2c1=O. The molecule has 10 heteroatoms. The summed E-state index contributed by atoms with van der Waals surface area (Å²) in [7, 11) is 0. The Morgan fingerprint density at radius 1 is 1.15 bits per heavy atom. The van der Waals surface area contributed by atoms with Crippen molar-refractivity contribution in [3.8, 4) is 10.6 Å². The first-order valence-corrected chi connectivity index (χ1v) is 8.84. The minimum absolute atomic E-state index is 0.326. The van der Waals surface area contributed by atoms with Gasteiger partial charge in [-0.1, -0.05) is 28.7 Å². The molecule has 4 aromatic rings. The molecular weight excluding hydrogens is 366 g/mol. The van der Waals surface area contributed by atoms with Gasteiger partial charge in [-0.15, -0.1) is 15.3 Å². The number of hydrogen-bond acceptors (Lipinski definition) is 8. The van der Waals surface area contributed by atoms with E-state index in [-0.39, 0.29) is 5.56 Å². The van der Waals surface area contributed by atoms with Crippen LogP contribution in [0.5, 0.6) is 0 Å². The largest absolute Gasteiger partial charge is 0.299 e. The van der Waals surface area contributed by atoms with Gasteiger partial charge < -0.3 is 0 Å². The Morgan fingerprint density at radius 2 is 2.00 bits per heavy atom. The topological polar surface area (TPSA) is 116 Å². The van der Waals surface area contributed by atoms with E-state index in [1.54, 1.807) is 49.6 Å². The minimum Gasteiger partial charge on any atom is -0.299 e. The highest BCUT2D eigenvalue weighted by Gasteiger charge is 2.20. The summed E-state index contributed by atoms with van der Waals surface area (Å²) in [6, 6.07) is 9.64. The van der Waals surface area contributed by atoms with Crippen molar-refractivity contribution in [1.29, 1.82) is 0 Å². The molecule has 0 aliphatic heterocycles. The zero-order chi connectivity index (χ0) is 18.8. The average molecular weight is 379 g/mol. The van der Waals surface area contributed by atoms with Crippen molar-refractivity contribution >= 4 is 33.3 Å². The Bertz CT molecular complexity index is 1170. The maximum absolute atomic E-state index is 12.6. The second kappa shape index (κ2) is 7.00. The third-order valence-electron chi connectivity index (χ3n) is 3.90. The van der Waals surface area contributed by atoms with Gasteiger partial charge in [-0.05, 0) is 31.2 Å². The highest BCUT2D eigenvalue weighted by atomic mass is 32.1. The highest BCUT2D eigenvalue weighted by Crippen LogP contribution is 2.25. The quantitative estimate of drug-likeness (QED) is 0.576. The van der Waals surface area contributed by atoms with E-state index in [9.17, 15) is 9.59 Å². The summed E-state index contributed by atoms with van der Waals surface area (Å²) in [5.74, 6) is -0.435. The van der Waals surface area contributed by atoms with Crippen LogP contribution >= 0.6 is 11.3 Å². The van der Waals surface area contributed by atoms with Gasteiger partial charge in [0.2, 0.25) is 5.13 Å². The van der Waals surface area contributed by atoms with Crippen LogP contribution in [0.15, 0.2) is 53.6 Å². The van der Waals surface area contributed by atoms with Crippen molar-refractivity contribution in [2.75, 3.05) is 5.32 Å². The number of pyridine rings is 1. The number of fused-ring (bicyclic) bond motifs is 1. The predicted molar refractivity (Wildman–Crippen MR) is 100 cm³/mol. The van der Waals surface area contributed by atoms with Crippen molar-refractivity contribution in [3.63, 3.8) is 0 Å². The molecule has 0 aliphatic rings. The molecule has 1 amide bonds. The number of anilines is 1. The average Bonchev–Trinajstić information content (AvgIpc) is 3.17. The number of hydrogen-bond donors (Lipinski definition) is 1. The van der Waals surface area contributed by atoms with Crippen LogP contribution in [0.25, 0.3) is 21.5 Å². The maximum atomic E-state index is 12.6. The van der Waals surface area contributed by atoms with Crippen LogP contribution in [0, 0.1) is 0 Å². The first-order valence-electron chi connectivity index (χ1n) is 8.02. The Morgan fingerprint density at radius 3 is 2.81 bits per heavy atom. The van der Waals surface area contributed by atoms with Crippen LogP contribution in [0.2, 0.25) is 0 Å². The van der Waals surface area contributed by atoms with Crippen molar-refractivity contribution in [2.24, 2.45) is 0 Å². The molecule has 0 radical (unpaired) electrons. The summed E-state index contributed by atoms with van der Waals surface area (Å²) < 4.78 is 1.06. The summed E-state index contributed by atoms with van der Waals surface area (Å²) in [6.07, 6.45) is 3.33. The van der Waals surface area contributed by atoms with Crippen LogP contribution in [0.1, 0.15) is 13.0 Å². The maximum Gasteiger partial charge on any atom is 0.278 e. The zero-order valence-corrected chi connectivity index (χ0v) is 14.9. The third-order valence-corrected chi connectivity index (χ3v) is 4.79. The van der Waals surface area contributed by atoms with Crippen LogP contribution < -0.4 is 10.9 Å². The molecule has 1 aromatic carbocycles. The van der Waals surface area contributed by atoms with E-state index in [0.29, 0.717) is 21.0 Å². The number of aromatic nitrogens is 6. The second-order valence-corrected chi connectivity index (χ2v) is 6.65. The van der Waals surface area contributed by atoms with Gasteiger partial charge in [-0.25, -0.2) is 0 Å². The molecule has 134 valence electrons. The first-order chi connectivity index (χ1) is 13.1. The molecule has 0 saturated carbocycles. The normalized spacial score (nSPS) is 12.0. The van der Waals surface area contributed by atoms with E-state index in [2.05, 4.69) is 30.8 Å². The monoisotopic (exact) mass is 379 g/mol. The first kappa shape index (κ1) is 16.9. The summed E-state index contributed by atoms with van der Waals surface area (Å²) in [5, 5.41) is 19.9. The molecule has 4 rings (SSSR count). The lowest BCUT2D eigenvalue weighted by molar-refractivity contribution is -0.119. The van der Waals surface area contributed by atoms with Gasteiger partial charge >= 0.3 is 0 Å². The molecule has 0 aliphatic carbocycles. The Hall–Kier alpha value is -3.53. The summed E-state index contributed by atoms with van der Waals surface area (Å²) in [5.41, 5.74) is 0.910. The van der Waals surface area contributed by atoms with Crippen molar-refractivity contribution < 1.29 is 4.79 Å². The Kier molecular flexibility index (Phi) is 4.38. The van der Waals surface area contributed by atoms with E-state index >= 15 is 0 Å². The number of nitrogens with one attached hydrogen (secondary N) is 1. The Labute approximate surface area is 156 Å². The molecule has 1 N–H and O–H groups in total. The minimum atomic E-state index is -0.861. The number of carbonyl (C=O) groups is 1. The lowest BCUT2D eigenvalue weighted by atomic mass is 10.2. The summed E-state index contributed by atoms with van der Waals surface area (Å²) >= 11 is 1.22. The summed E-state index contributed by atoms with van der Waals surface area (Å²) in [4.78, 5) is 29.1. The van der Waals surface area contributed by atoms with Gasteiger partial charge in [0.15, 0.2) is 5.01 Å². The molecule has 0 bridgehead atoms. The zero-order valence-electron chi connectivity index (χ0n) is 14.1. The van der Waals surface area contributed by atoms with Gasteiger partial charge in [-0.2, -0.15) is 4.68 Å². The molecule has 9 nitrogen and oxygen atoms in total. The van der Waals surface area contributed by atoms with E-state index in [1.807, 2.05) is 6.07 Å². The van der Waals surface area contributed by atoms with Gasteiger partial charge in [-0.3, -0.25) is 19.9 Å². The fourth-order valence-electron chi connectivity index (χ4n) is 2.46. The van der Waals surface area contributed by atoms with Crippen LogP contribution in [0.4, 0.5) is 5.13 Å². The van der Waals surface area contributed by atoms with Crippen molar-refractivity contribution in [1.82, 2.24) is 30.2 Å². The molecule has 3 heterocycles. The molecule has 3 aromatic heterocycles. The lowest BCUT2D eigenvalue weighted by Gasteiger charge is -2.12. The Balaban J connectivity index is 1.56. The number of rotatable bonds is 4. The molecule has 0 unspecified atom stereocenters. The van der Waals surface area contributed by atoms with Crippen molar-refractivity contribution in [2.45, 2.75) is 13.0 Å². The van der Waals surface area contributed by atoms with Crippen LogP contribution in [-0.2, 0) is 4.79 Å². The van der Waals surface area contributed by atoms with Crippen LogP contribution in [0.3, 0.4) is 0 Å². The number of carbonyl (C=O) groups excluding carboxylic acids is 1. The van der Waals surface area contributed by atoms with E-state index in [4.69, 9.17) is 0 Å². The van der Waals surface area contributed by atoms with E-state index < -0.39 is 11.9 Å². The molecule has 27 heavy (non-hydrogen) atoms. The fraction of sp³-hybridized carbons (Fsp3) is 0.118.